The van der Waals surface area contributed by atoms with Crippen molar-refractivity contribution in [2.45, 2.75) is 38.5 Å². The van der Waals surface area contributed by atoms with Crippen LogP contribution >= 0.6 is 0 Å². The average Bonchev–Trinajstić information content (AvgIpc) is 3.50. The van der Waals surface area contributed by atoms with Gasteiger partial charge in [0, 0.05) is 10.8 Å². The second-order valence-corrected chi connectivity index (χ2v) is 14.8. The third kappa shape index (κ3) is 3.50. The Labute approximate surface area is 282 Å². The van der Waals surface area contributed by atoms with Crippen molar-refractivity contribution >= 4 is 32.3 Å². The molecular weight excluding hydrogens is 577 g/mol. The fraction of sp³-hybridized carbons (Fsp3) is 0.125. The summed E-state index contributed by atoms with van der Waals surface area (Å²) in [4.78, 5) is 0. The molecule has 0 heteroatoms. The summed E-state index contributed by atoms with van der Waals surface area (Å²) >= 11 is 0. The highest BCUT2D eigenvalue weighted by Gasteiger charge is 2.37. The number of fused-ring (bicyclic) bond motifs is 10. The van der Waals surface area contributed by atoms with Gasteiger partial charge in [-0.05, 0) is 105 Å². The molecule has 0 nitrogen and oxygen atoms in total. The monoisotopic (exact) mass is 612 g/mol. The molecule has 0 aliphatic heterocycles. The average molecular weight is 613 g/mol. The predicted octanol–water partition coefficient (Wildman–Crippen LogP) is 13.1. The van der Waals surface area contributed by atoms with Crippen molar-refractivity contribution in [3.63, 3.8) is 0 Å². The third-order valence-electron chi connectivity index (χ3n) is 11.7. The smallest absolute Gasteiger partial charge is 0.0165 e. The first-order valence-electron chi connectivity index (χ1n) is 17.2. The van der Waals surface area contributed by atoms with E-state index < -0.39 is 0 Å². The van der Waals surface area contributed by atoms with Gasteiger partial charge in [-0.15, -0.1) is 0 Å². The highest BCUT2D eigenvalue weighted by molar-refractivity contribution is 6.24. The maximum absolute atomic E-state index is 2.46. The van der Waals surface area contributed by atoms with Crippen molar-refractivity contribution in [2.24, 2.45) is 0 Å². The van der Waals surface area contributed by atoms with Gasteiger partial charge >= 0.3 is 0 Å². The molecule has 48 heavy (non-hydrogen) atoms. The first-order chi connectivity index (χ1) is 23.4. The normalized spacial score (nSPS) is 15.0. The Balaban J connectivity index is 1.27. The Bertz CT molecular complexity index is 2610. The minimum absolute atomic E-state index is 0.0110. The molecule has 2 aliphatic carbocycles. The Morgan fingerprint density at radius 2 is 0.812 bits per heavy atom. The van der Waals surface area contributed by atoms with Gasteiger partial charge in [-0.25, -0.2) is 0 Å². The number of hydrogen-bond acceptors (Lipinski definition) is 0. The summed E-state index contributed by atoms with van der Waals surface area (Å²) in [5.74, 6) is 0. The van der Waals surface area contributed by atoms with Gasteiger partial charge in [0.1, 0.15) is 0 Å². The van der Waals surface area contributed by atoms with Crippen LogP contribution in [0.4, 0.5) is 0 Å². The zero-order valence-electron chi connectivity index (χ0n) is 27.9. The highest BCUT2D eigenvalue weighted by Crippen LogP contribution is 2.54. The van der Waals surface area contributed by atoms with Gasteiger partial charge in [0.25, 0.3) is 0 Å². The van der Waals surface area contributed by atoms with Gasteiger partial charge in [-0.3, -0.25) is 0 Å². The summed E-state index contributed by atoms with van der Waals surface area (Å²) in [5, 5.41) is 7.84. The minimum atomic E-state index is -0.0706. The Morgan fingerprint density at radius 1 is 0.312 bits per heavy atom. The second-order valence-electron chi connectivity index (χ2n) is 14.8. The number of rotatable bonds is 2. The molecule has 0 spiro atoms. The molecule has 2 aliphatic rings. The van der Waals surface area contributed by atoms with Crippen LogP contribution in [0.1, 0.15) is 49.9 Å². The Kier molecular flexibility index (Phi) is 5.50. The van der Waals surface area contributed by atoms with Crippen LogP contribution in [-0.4, -0.2) is 0 Å². The van der Waals surface area contributed by atoms with E-state index in [1.165, 1.54) is 99.1 Å². The van der Waals surface area contributed by atoms with Crippen molar-refractivity contribution in [3.05, 3.63) is 168 Å². The SMILES string of the molecule is CC1(C)c2ccccc2-c2cc(-c3c4ccccc4c(-c4cccc5c6c(ccc45)-c4ccccc4C6(C)C)c4ccccc34)ccc21. The molecule has 0 unspecified atom stereocenters. The Morgan fingerprint density at radius 3 is 1.48 bits per heavy atom. The van der Waals surface area contributed by atoms with Gasteiger partial charge < -0.3 is 0 Å². The predicted molar refractivity (Wildman–Crippen MR) is 205 cm³/mol. The molecule has 0 saturated carbocycles. The van der Waals surface area contributed by atoms with E-state index in [2.05, 4.69) is 173 Å². The summed E-state index contributed by atoms with van der Waals surface area (Å²) in [5.41, 5.74) is 16.2. The summed E-state index contributed by atoms with van der Waals surface area (Å²) in [6, 6.07) is 54.9. The van der Waals surface area contributed by atoms with Crippen LogP contribution in [0.15, 0.2) is 146 Å². The van der Waals surface area contributed by atoms with E-state index in [-0.39, 0.29) is 10.8 Å². The van der Waals surface area contributed by atoms with Crippen LogP contribution in [0.5, 0.6) is 0 Å². The van der Waals surface area contributed by atoms with E-state index >= 15 is 0 Å². The van der Waals surface area contributed by atoms with Crippen molar-refractivity contribution in [1.29, 1.82) is 0 Å². The molecule has 0 bridgehead atoms. The molecule has 0 radical (unpaired) electrons. The van der Waals surface area contributed by atoms with Crippen LogP contribution in [0, 0.1) is 0 Å². The van der Waals surface area contributed by atoms with Crippen molar-refractivity contribution in [2.75, 3.05) is 0 Å². The first kappa shape index (κ1) is 27.6. The number of hydrogen-bond donors (Lipinski definition) is 0. The minimum Gasteiger partial charge on any atom is -0.0619 e. The molecule has 0 saturated heterocycles. The molecular formula is C48H36. The third-order valence-corrected chi connectivity index (χ3v) is 11.7. The van der Waals surface area contributed by atoms with Gasteiger partial charge in [-0.1, -0.05) is 167 Å². The van der Waals surface area contributed by atoms with E-state index in [0.29, 0.717) is 0 Å². The number of benzene rings is 8. The lowest BCUT2D eigenvalue weighted by Gasteiger charge is -2.24. The first-order valence-corrected chi connectivity index (χ1v) is 17.2. The van der Waals surface area contributed by atoms with E-state index in [1.807, 2.05) is 0 Å². The zero-order chi connectivity index (χ0) is 32.4. The molecule has 228 valence electrons. The van der Waals surface area contributed by atoms with Crippen LogP contribution in [-0.2, 0) is 10.8 Å². The van der Waals surface area contributed by atoms with E-state index in [4.69, 9.17) is 0 Å². The molecule has 0 fully saturated rings. The molecule has 0 atom stereocenters. The molecule has 0 aromatic heterocycles. The molecule has 0 amide bonds. The fourth-order valence-electron chi connectivity index (χ4n) is 9.48. The quantitative estimate of drug-likeness (QED) is 0.170. The topological polar surface area (TPSA) is 0 Å². The van der Waals surface area contributed by atoms with E-state index in [0.717, 1.165) is 0 Å². The zero-order valence-corrected chi connectivity index (χ0v) is 27.9. The lowest BCUT2D eigenvalue weighted by Crippen LogP contribution is -2.15. The standard InChI is InChI=1S/C48H36/c1-47(2)41-22-11-10-15-32(41)40-28-29(24-27-43(40)47)44-34-16-5-7-18-36(34)45(37-19-8-6-17-35(37)44)33-20-13-21-38-30(33)25-26-39-31-14-9-12-23-42(31)48(3,4)46(38)39/h5-28H,1-4H3. The summed E-state index contributed by atoms with van der Waals surface area (Å²) in [6.07, 6.45) is 0. The van der Waals surface area contributed by atoms with Gasteiger partial charge in [0.2, 0.25) is 0 Å². The molecule has 0 heterocycles. The molecule has 8 aromatic rings. The lowest BCUT2D eigenvalue weighted by molar-refractivity contribution is 0.660. The summed E-state index contributed by atoms with van der Waals surface area (Å²) in [6.45, 7) is 9.49. The van der Waals surface area contributed by atoms with Crippen molar-refractivity contribution in [3.8, 4) is 44.5 Å². The van der Waals surface area contributed by atoms with Gasteiger partial charge in [0.05, 0.1) is 0 Å². The maximum atomic E-state index is 2.46. The molecule has 10 rings (SSSR count). The maximum Gasteiger partial charge on any atom is 0.0165 e. The second kappa shape index (κ2) is 9.55. The van der Waals surface area contributed by atoms with Crippen LogP contribution in [0.3, 0.4) is 0 Å². The van der Waals surface area contributed by atoms with Crippen LogP contribution < -0.4 is 0 Å². The van der Waals surface area contributed by atoms with Crippen LogP contribution in [0.2, 0.25) is 0 Å². The van der Waals surface area contributed by atoms with E-state index in [9.17, 15) is 0 Å². The molecule has 8 aromatic carbocycles. The van der Waals surface area contributed by atoms with Crippen molar-refractivity contribution < 1.29 is 0 Å². The van der Waals surface area contributed by atoms with Crippen molar-refractivity contribution in [1.82, 2.24) is 0 Å². The fourth-order valence-corrected chi connectivity index (χ4v) is 9.48. The highest BCUT2D eigenvalue weighted by atomic mass is 14.4. The van der Waals surface area contributed by atoms with Gasteiger partial charge in [-0.2, -0.15) is 0 Å². The lowest BCUT2D eigenvalue weighted by atomic mass is 9.78. The Hall–Kier alpha value is -5.46. The largest absolute Gasteiger partial charge is 0.0619 e. The van der Waals surface area contributed by atoms with Gasteiger partial charge in [0.15, 0.2) is 0 Å². The van der Waals surface area contributed by atoms with E-state index in [1.54, 1.807) is 0 Å². The molecule has 0 N–H and O–H groups in total. The summed E-state index contributed by atoms with van der Waals surface area (Å²) < 4.78 is 0. The van der Waals surface area contributed by atoms with Crippen LogP contribution in [0.25, 0.3) is 76.8 Å². The summed E-state index contributed by atoms with van der Waals surface area (Å²) in [7, 11) is 0.